The summed E-state index contributed by atoms with van der Waals surface area (Å²) in [6.07, 6.45) is 2.19. The third-order valence-electron chi connectivity index (χ3n) is 4.06. The zero-order chi connectivity index (χ0) is 15.9. The van der Waals surface area contributed by atoms with E-state index in [0.29, 0.717) is 12.0 Å². The molecule has 1 fully saturated rings. The van der Waals surface area contributed by atoms with Crippen molar-refractivity contribution in [1.82, 2.24) is 4.90 Å². The van der Waals surface area contributed by atoms with Gasteiger partial charge in [0, 0.05) is 30.1 Å². The first kappa shape index (κ1) is 16.2. The topological polar surface area (TPSA) is 73.2 Å². The lowest BCUT2D eigenvalue weighted by Gasteiger charge is -2.30. The number of Topliss-reactive ketones (excluding diaryl/α,β-unsaturated/α-hetero) is 1. The van der Waals surface area contributed by atoms with E-state index in [4.69, 9.17) is 5.26 Å². The average molecular weight is 299 g/mol. The molecule has 0 saturated carbocycles. The van der Waals surface area contributed by atoms with Gasteiger partial charge in [0.1, 0.15) is 0 Å². The first-order chi connectivity index (χ1) is 10.6. The zero-order valence-electron chi connectivity index (χ0n) is 12.8. The van der Waals surface area contributed by atoms with Crippen molar-refractivity contribution >= 4 is 17.4 Å². The fourth-order valence-corrected chi connectivity index (χ4v) is 2.66. The number of nitrogens with one attached hydrogen (secondary N) is 1. The number of amides is 1. The van der Waals surface area contributed by atoms with E-state index >= 15 is 0 Å². The van der Waals surface area contributed by atoms with E-state index in [2.05, 4.69) is 16.3 Å². The molecule has 1 amide bonds. The third-order valence-corrected chi connectivity index (χ3v) is 4.06. The third kappa shape index (κ3) is 4.40. The standard InChI is InChI=1S/C17H21N3O2/c1-13(21)14-3-5-16(6-4-14)19-17(22)15-7-11-20(12-8-15)10-2-9-18/h3-6,15H,2,7-8,10-12H2,1H3,(H,19,22). The van der Waals surface area contributed by atoms with Crippen LogP contribution in [0, 0.1) is 17.2 Å². The Labute approximate surface area is 130 Å². The van der Waals surface area contributed by atoms with Gasteiger partial charge in [-0.3, -0.25) is 9.59 Å². The second-order valence-corrected chi connectivity index (χ2v) is 5.65. The van der Waals surface area contributed by atoms with Gasteiger partial charge in [-0.25, -0.2) is 0 Å². The fourth-order valence-electron chi connectivity index (χ4n) is 2.66. The number of likely N-dealkylation sites (tertiary alicyclic amines) is 1. The second-order valence-electron chi connectivity index (χ2n) is 5.65. The van der Waals surface area contributed by atoms with Crippen LogP contribution in [0.15, 0.2) is 24.3 Å². The molecule has 0 spiro atoms. The van der Waals surface area contributed by atoms with Gasteiger partial charge in [0.2, 0.25) is 5.91 Å². The molecule has 1 aliphatic heterocycles. The Hall–Kier alpha value is -2.19. The smallest absolute Gasteiger partial charge is 0.227 e. The van der Waals surface area contributed by atoms with Crippen molar-refractivity contribution in [2.75, 3.05) is 25.0 Å². The summed E-state index contributed by atoms with van der Waals surface area (Å²) in [7, 11) is 0. The van der Waals surface area contributed by atoms with E-state index in [1.54, 1.807) is 24.3 Å². The van der Waals surface area contributed by atoms with E-state index < -0.39 is 0 Å². The molecule has 0 radical (unpaired) electrons. The number of benzene rings is 1. The lowest BCUT2D eigenvalue weighted by molar-refractivity contribution is -0.121. The van der Waals surface area contributed by atoms with Crippen LogP contribution >= 0.6 is 0 Å². The summed E-state index contributed by atoms with van der Waals surface area (Å²) in [6.45, 7) is 4.04. The number of hydrogen-bond acceptors (Lipinski definition) is 4. The number of carbonyl (C=O) groups is 2. The Balaban J connectivity index is 1.83. The highest BCUT2D eigenvalue weighted by molar-refractivity contribution is 5.96. The maximum Gasteiger partial charge on any atom is 0.227 e. The molecule has 1 aromatic rings. The number of ketones is 1. The van der Waals surface area contributed by atoms with Crippen molar-refractivity contribution in [3.8, 4) is 6.07 Å². The molecular formula is C17H21N3O2. The van der Waals surface area contributed by atoms with Gasteiger partial charge in [0.05, 0.1) is 6.07 Å². The molecule has 1 heterocycles. The molecule has 0 atom stereocenters. The monoisotopic (exact) mass is 299 g/mol. The minimum atomic E-state index is 0.0163. The highest BCUT2D eigenvalue weighted by Gasteiger charge is 2.24. The molecule has 22 heavy (non-hydrogen) atoms. The van der Waals surface area contributed by atoms with Crippen LogP contribution in [0.1, 0.15) is 36.5 Å². The number of rotatable bonds is 5. The summed E-state index contributed by atoms with van der Waals surface area (Å²) in [5.74, 6) is 0.0731. The lowest BCUT2D eigenvalue weighted by Crippen LogP contribution is -2.38. The highest BCUT2D eigenvalue weighted by Crippen LogP contribution is 2.20. The van der Waals surface area contributed by atoms with Crippen molar-refractivity contribution < 1.29 is 9.59 Å². The molecule has 116 valence electrons. The number of hydrogen-bond donors (Lipinski definition) is 1. The summed E-state index contributed by atoms with van der Waals surface area (Å²) in [5.41, 5.74) is 1.37. The molecule has 5 nitrogen and oxygen atoms in total. The molecule has 1 N–H and O–H groups in total. The Kier molecular flexibility index (Phi) is 5.68. The van der Waals surface area contributed by atoms with Crippen LogP contribution in [0.2, 0.25) is 0 Å². The number of anilines is 1. The van der Waals surface area contributed by atoms with E-state index in [9.17, 15) is 9.59 Å². The Morgan fingerprint density at radius 1 is 1.27 bits per heavy atom. The molecular weight excluding hydrogens is 278 g/mol. The predicted molar refractivity (Wildman–Crippen MR) is 84.5 cm³/mol. The summed E-state index contributed by atoms with van der Waals surface area (Å²) in [4.78, 5) is 25.7. The molecule has 0 aliphatic carbocycles. The zero-order valence-corrected chi connectivity index (χ0v) is 12.8. The number of nitriles is 1. The van der Waals surface area contributed by atoms with E-state index in [-0.39, 0.29) is 17.6 Å². The fraction of sp³-hybridized carbons (Fsp3) is 0.471. The van der Waals surface area contributed by atoms with Crippen molar-refractivity contribution in [2.45, 2.75) is 26.2 Å². The normalized spacial score (nSPS) is 16.0. The van der Waals surface area contributed by atoms with Crippen molar-refractivity contribution in [3.63, 3.8) is 0 Å². The molecule has 0 aromatic heterocycles. The van der Waals surface area contributed by atoms with E-state index in [1.807, 2.05) is 0 Å². The Morgan fingerprint density at radius 3 is 2.45 bits per heavy atom. The van der Waals surface area contributed by atoms with Gasteiger partial charge in [0.25, 0.3) is 0 Å². The largest absolute Gasteiger partial charge is 0.326 e. The van der Waals surface area contributed by atoms with Crippen molar-refractivity contribution in [2.24, 2.45) is 5.92 Å². The van der Waals surface area contributed by atoms with Crippen LogP contribution in [-0.2, 0) is 4.79 Å². The minimum absolute atomic E-state index is 0.0163. The molecule has 1 aromatic carbocycles. The summed E-state index contributed by atoms with van der Waals surface area (Å²) >= 11 is 0. The average Bonchev–Trinajstić information content (AvgIpc) is 2.54. The number of piperidine rings is 1. The maximum absolute atomic E-state index is 12.3. The van der Waals surface area contributed by atoms with Gasteiger partial charge in [-0.2, -0.15) is 5.26 Å². The van der Waals surface area contributed by atoms with Crippen LogP contribution in [0.4, 0.5) is 5.69 Å². The van der Waals surface area contributed by atoms with Crippen LogP contribution in [0.5, 0.6) is 0 Å². The van der Waals surface area contributed by atoms with Gasteiger partial charge in [-0.1, -0.05) is 0 Å². The van der Waals surface area contributed by atoms with Gasteiger partial charge < -0.3 is 10.2 Å². The highest BCUT2D eigenvalue weighted by atomic mass is 16.2. The van der Waals surface area contributed by atoms with Gasteiger partial charge in [-0.15, -0.1) is 0 Å². The molecule has 0 unspecified atom stereocenters. The summed E-state index contributed by atoms with van der Waals surface area (Å²) in [6, 6.07) is 9.12. The van der Waals surface area contributed by atoms with Crippen LogP contribution in [0.3, 0.4) is 0 Å². The second kappa shape index (κ2) is 7.71. The molecule has 1 saturated heterocycles. The van der Waals surface area contributed by atoms with Crippen LogP contribution < -0.4 is 5.32 Å². The summed E-state index contributed by atoms with van der Waals surface area (Å²) in [5, 5.41) is 11.5. The van der Waals surface area contributed by atoms with E-state index in [1.165, 1.54) is 6.92 Å². The lowest BCUT2D eigenvalue weighted by atomic mass is 9.95. The first-order valence-corrected chi connectivity index (χ1v) is 7.61. The van der Waals surface area contributed by atoms with Crippen LogP contribution in [-0.4, -0.2) is 36.2 Å². The predicted octanol–water partition coefficient (Wildman–Crippen LogP) is 2.45. The van der Waals surface area contributed by atoms with Crippen LogP contribution in [0.25, 0.3) is 0 Å². The van der Waals surface area contributed by atoms with Gasteiger partial charge >= 0.3 is 0 Å². The number of carbonyl (C=O) groups excluding carboxylic acids is 2. The van der Waals surface area contributed by atoms with Crippen molar-refractivity contribution in [3.05, 3.63) is 29.8 Å². The molecule has 5 heteroatoms. The number of nitrogens with zero attached hydrogens (tertiary/aromatic N) is 2. The van der Waals surface area contributed by atoms with Crippen molar-refractivity contribution in [1.29, 1.82) is 5.26 Å². The van der Waals surface area contributed by atoms with E-state index in [0.717, 1.165) is 38.2 Å². The Bertz CT molecular complexity index is 567. The summed E-state index contributed by atoms with van der Waals surface area (Å²) < 4.78 is 0. The first-order valence-electron chi connectivity index (χ1n) is 7.61. The molecule has 2 rings (SSSR count). The SMILES string of the molecule is CC(=O)c1ccc(NC(=O)C2CCN(CCC#N)CC2)cc1. The van der Waals surface area contributed by atoms with Gasteiger partial charge in [0.15, 0.2) is 5.78 Å². The molecule has 1 aliphatic rings. The minimum Gasteiger partial charge on any atom is -0.326 e. The Morgan fingerprint density at radius 2 is 1.91 bits per heavy atom. The quantitative estimate of drug-likeness (QED) is 0.848. The maximum atomic E-state index is 12.3. The van der Waals surface area contributed by atoms with Gasteiger partial charge in [-0.05, 0) is 57.1 Å². The molecule has 0 bridgehead atoms.